The van der Waals surface area contributed by atoms with E-state index in [1.54, 1.807) is 0 Å². The van der Waals surface area contributed by atoms with Crippen molar-refractivity contribution in [2.75, 3.05) is 13.1 Å². The van der Waals surface area contributed by atoms with Crippen LogP contribution >= 0.6 is 0 Å². The van der Waals surface area contributed by atoms with Gasteiger partial charge in [0.25, 0.3) is 0 Å². The van der Waals surface area contributed by atoms with Gasteiger partial charge in [-0.1, -0.05) is 24.6 Å². The van der Waals surface area contributed by atoms with E-state index in [4.69, 9.17) is 4.74 Å². The first-order valence-electron chi connectivity index (χ1n) is 6.83. The molecule has 0 aliphatic carbocycles. The lowest BCUT2D eigenvalue weighted by Crippen LogP contribution is -2.50. The Bertz CT molecular complexity index is 384. The Morgan fingerprint density at radius 3 is 2.71 bits per heavy atom. The molecule has 2 atom stereocenters. The van der Waals surface area contributed by atoms with Crippen LogP contribution in [0.2, 0.25) is 0 Å². The quantitative estimate of drug-likeness (QED) is 0.737. The van der Waals surface area contributed by atoms with Crippen LogP contribution in [0.3, 0.4) is 0 Å². The zero-order valence-corrected chi connectivity index (χ0v) is 10.6. The zero-order chi connectivity index (χ0) is 11.7. The molecule has 1 saturated heterocycles. The van der Waals surface area contributed by atoms with E-state index in [0.717, 1.165) is 12.2 Å². The van der Waals surface area contributed by atoms with Gasteiger partial charge in [0.2, 0.25) is 0 Å². The third kappa shape index (κ3) is 2.19. The van der Waals surface area contributed by atoms with Gasteiger partial charge in [-0.15, -0.1) is 0 Å². The molecule has 2 aliphatic rings. The average molecular weight is 231 g/mol. The Morgan fingerprint density at radius 1 is 1.12 bits per heavy atom. The van der Waals surface area contributed by atoms with Gasteiger partial charge in [-0.3, -0.25) is 4.90 Å². The summed E-state index contributed by atoms with van der Waals surface area (Å²) in [5, 5.41) is 0. The fourth-order valence-electron chi connectivity index (χ4n) is 3.13. The van der Waals surface area contributed by atoms with Crippen molar-refractivity contribution in [2.24, 2.45) is 0 Å². The second-order valence-electron chi connectivity index (χ2n) is 5.30. The SMILES string of the molecule is C[C@H]1Oc2ccccc2C[C@H]1N1CCCCC1. The number of fused-ring (bicyclic) bond motifs is 1. The van der Waals surface area contributed by atoms with Crippen molar-refractivity contribution in [2.45, 2.75) is 44.8 Å². The Morgan fingerprint density at radius 2 is 1.88 bits per heavy atom. The number of piperidine rings is 1. The van der Waals surface area contributed by atoms with Gasteiger partial charge in [0.15, 0.2) is 0 Å². The van der Waals surface area contributed by atoms with E-state index in [1.807, 2.05) is 0 Å². The number of hydrogen-bond donors (Lipinski definition) is 0. The van der Waals surface area contributed by atoms with Crippen LogP contribution in [-0.2, 0) is 6.42 Å². The monoisotopic (exact) mass is 231 g/mol. The standard InChI is InChI=1S/C15H21NO/c1-12-14(16-9-5-2-6-10-16)11-13-7-3-4-8-15(13)17-12/h3-4,7-8,12,14H,2,5-6,9-11H2,1H3/t12-,14-/m1/s1. The normalized spacial score (nSPS) is 29.5. The minimum absolute atomic E-state index is 0.322. The molecule has 92 valence electrons. The second kappa shape index (κ2) is 4.69. The van der Waals surface area contributed by atoms with E-state index >= 15 is 0 Å². The fourth-order valence-corrected chi connectivity index (χ4v) is 3.13. The molecule has 0 saturated carbocycles. The maximum atomic E-state index is 6.06. The van der Waals surface area contributed by atoms with Crippen LogP contribution in [0.1, 0.15) is 31.7 Å². The molecule has 0 aromatic heterocycles. The first kappa shape index (κ1) is 11.1. The number of benzene rings is 1. The van der Waals surface area contributed by atoms with Crippen molar-refractivity contribution >= 4 is 0 Å². The maximum Gasteiger partial charge on any atom is 0.123 e. The molecule has 2 nitrogen and oxygen atoms in total. The molecule has 3 rings (SSSR count). The Hall–Kier alpha value is -1.02. The van der Waals surface area contributed by atoms with Crippen molar-refractivity contribution in [3.8, 4) is 5.75 Å². The summed E-state index contributed by atoms with van der Waals surface area (Å²) in [5.74, 6) is 1.09. The topological polar surface area (TPSA) is 12.5 Å². The van der Waals surface area contributed by atoms with E-state index in [-0.39, 0.29) is 0 Å². The molecule has 0 radical (unpaired) electrons. The smallest absolute Gasteiger partial charge is 0.123 e. The van der Waals surface area contributed by atoms with E-state index in [1.165, 1.54) is 37.9 Å². The first-order valence-corrected chi connectivity index (χ1v) is 6.83. The summed E-state index contributed by atoms with van der Waals surface area (Å²) in [7, 11) is 0. The molecule has 1 aromatic carbocycles. The van der Waals surface area contributed by atoms with E-state index < -0.39 is 0 Å². The second-order valence-corrected chi connectivity index (χ2v) is 5.30. The number of hydrogen-bond acceptors (Lipinski definition) is 2. The highest BCUT2D eigenvalue weighted by Crippen LogP contribution is 2.30. The highest BCUT2D eigenvalue weighted by molar-refractivity contribution is 5.36. The molecule has 0 spiro atoms. The summed E-state index contributed by atoms with van der Waals surface area (Å²) >= 11 is 0. The predicted octanol–water partition coefficient (Wildman–Crippen LogP) is 2.86. The third-order valence-electron chi connectivity index (χ3n) is 4.12. The van der Waals surface area contributed by atoms with Crippen LogP contribution in [-0.4, -0.2) is 30.1 Å². The molecule has 0 N–H and O–H groups in total. The van der Waals surface area contributed by atoms with Gasteiger partial charge in [-0.25, -0.2) is 0 Å². The molecule has 0 bridgehead atoms. The van der Waals surface area contributed by atoms with Crippen LogP contribution in [0.4, 0.5) is 0 Å². The predicted molar refractivity (Wildman–Crippen MR) is 69.4 cm³/mol. The van der Waals surface area contributed by atoms with Gasteiger partial charge < -0.3 is 4.74 Å². The number of rotatable bonds is 1. The summed E-state index contributed by atoms with van der Waals surface area (Å²) in [6, 6.07) is 9.06. The molecule has 2 heteroatoms. The van der Waals surface area contributed by atoms with Crippen LogP contribution in [0.25, 0.3) is 0 Å². The number of ether oxygens (including phenoxy) is 1. The molecule has 1 aromatic rings. The number of likely N-dealkylation sites (tertiary alicyclic amines) is 1. The molecule has 1 fully saturated rings. The summed E-state index contributed by atoms with van der Waals surface area (Å²) in [6.45, 7) is 4.72. The lowest BCUT2D eigenvalue weighted by Gasteiger charge is -2.41. The van der Waals surface area contributed by atoms with Crippen LogP contribution < -0.4 is 4.74 Å². The number of para-hydroxylation sites is 1. The zero-order valence-electron chi connectivity index (χ0n) is 10.6. The maximum absolute atomic E-state index is 6.06. The van der Waals surface area contributed by atoms with E-state index in [2.05, 4.69) is 36.1 Å². The molecule has 0 unspecified atom stereocenters. The number of nitrogens with zero attached hydrogens (tertiary/aromatic N) is 1. The molecular weight excluding hydrogens is 210 g/mol. The van der Waals surface area contributed by atoms with E-state index in [0.29, 0.717) is 12.1 Å². The van der Waals surface area contributed by atoms with Crippen LogP contribution in [0.15, 0.2) is 24.3 Å². The molecular formula is C15H21NO. The molecule has 0 amide bonds. The van der Waals surface area contributed by atoms with Crippen molar-refractivity contribution in [3.63, 3.8) is 0 Å². The largest absolute Gasteiger partial charge is 0.489 e. The Balaban J connectivity index is 1.79. The van der Waals surface area contributed by atoms with Crippen molar-refractivity contribution in [1.29, 1.82) is 0 Å². The Kier molecular flexibility index (Phi) is 3.06. The highest BCUT2D eigenvalue weighted by Gasteiger charge is 2.31. The summed E-state index contributed by atoms with van der Waals surface area (Å²) in [5.41, 5.74) is 1.38. The van der Waals surface area contributed by atoms with Crippen molar-refractivity contribution in [1.82, 2.24) is 4.90 Å². The van der Waals surface area contributed by atoms with Crippen molar-refractivity contribution < 1.29 is 4.74 Å². The summed E-state index contributed by atoms with van der Waals surface area (Å²) in [4.78, 5) is 2.63. The van der Waals surface area contributed by atoms with Crippen LogP contribution in [0.5, 0.6) is 5.75 Å². The van der Waals surface area contributed by atoms with Gasteiger partial charge in [0, 0.05) is 0 Å². The third-order valence-corrected chi connectivity index (χ3v) is 4.12. The first-order chi connectivity index (χ1) is 8.34. The van der Waals surface area contributed by atoms with Gasteiger partial charge >= 0.3 is 0 Å². The van der Waals surface area contributed by atoms with E-state index in [9.17, 15) is 0 Å². The van der Waals surface area contributed by atoms with Crippen LogP contribution in [0, 0.1) is 0 Å². The summed E-state index contributed by atoms with van der Waals surface area (Å²) in [6.07, 6.45) is 5.57. The highest BCUT2D eigenvalue weighted by atomic mass is 16.5. The lowest BCUT2D eigenvalue weighted by molar-refractivity contribution is 0.0501. The minimum atomic E-state index is 0.322. The van der Waals surface area contributed by atoms with Gasteiger partial charge in [-0.05, 0) is 50.9 Å². The molecule has 17 heavy (non-hydrogen) atoms. The molecule has 2 aliphatic heterocycles. The van der Waals surface area contributed by atoms with Gasteiger partial charge in [0.05, 0.1) is 6.04 Å². The minimum Gasteiger partial charge on any atom is -0.489 e. The lowest BCUT2D eigenvalue weighted by atomic mass is 9.95. The van der Waals surface area contributed by atoms with Gasteiger partial charge in [-0.2, -0.15) is 0 Å². The fraction of sp³-hybridized carbons (Fsp3) is 0.600. The van der Waals surface area contributed by atoms with Gasteiger partial charge in [0.1, 0.15) is 11.9 Å². The Labute approximate surface area is 104 Å². The average Bonchev–Trinajstić information content (AvgIpc) is 2.39. The van der Waals surface area contributed by atoms with Crippen molar-refractivity contribution in [3.05, 3.63) is 29.8 Å². The summed E-state index contributed by atoms with van der Waals surface area (Å²) < 4.78 is 6.06. The molecule has 2 heterocycles.